The number of likely N-dealkylation sites (N-methyl/N-ethyl adjacent to an activating group) is 1. The van der Waals surface area contributed by atoms with E-state index in [4.69, 9.17) is 4.74 Å². The number of aromatic nitrogens is 2. The van der Waals surface area contributed by atoms with E-state index in [0.717, 1.165) is 42.2 Å². The van der Waals surface area contributed by atoms with Crippen LogP contribution in [0.25, 0.3) is 0 Å². The number of fused-ring (bicyclic) bond motifs is 1. The van der Waals surface area contributed by atoms with Gasteiger partial charge in [0.1, 0.15) is 16.2 Å². The first kappa shape index (κ1) is 13.6. The van der Waals surface area contributed by atoms with Crippen LogP contribution in [0.4, 0.5) is 0 Å². The summed E-state index contributed by atoms with van der Waals surface area (Å²) in [5.74, 6) is 2.02. The van der Waals surface area contributed by atoms with Gasteiger partial charge in [-0.05, 0) is 35.1 Å². The number of nitrogens with zero attached hydrogens (tertiary/aromatic N) is 3. The zero-order chi connectivity index (χ0) is 13.9. The van der Waals surface area contributed by atoms with Crippen LogP contribution in [0.5, 0.6) is 5.75 Å². The van der Waals surface area contributed by atoms with Crippen molar-refractivity contribution < 1.29 is 4.74 Å². The fourth-order valence-corrected chi connectivity index (χ4v) is 3.04. The van der Waals surface area contributed by atoms with E-state index in [1.807, 2.05) is 30.3 Å². The molecule has 2 aromatic rings. The standard InChI is InChI=1S/C15H18BrN3O/c1-18-8-9-19-13(11-18)15(16)17-14(19)7-10-20-12-5-3-2-4-6-12/h2-6H,7-11H2,1H3. The maximum absolute atomic E-state index is 5.75. The highest BCUT2D eigenvalue weighted by Crippen LogP contribution is 2.23. The van der Waals surface area contributed by atoms with Gasteiger partial charge in [-0.15, -0.1) is 0 Å². The molecule has 0 unspecified atom stereocenters. The molecule has 0 fully saturated rings. The van der Waals surface area contributed by atoms with Gasteiger partial charge in [0, 0.05) is 26.1 Å². The number of rotatable bonds is 4. The fraction of sp³-hybridized carbons (Fsp3) is 0.400. The first-order valence-electron chi connectivity index (χ1n) is 6.84. The average Bonchev–Trinajstić information content (AvgIpc) is 2.76. The van der Waals surface area contributed by atoms with Gasteiger partial charge in [0.05, 0.1) is 12.3 Å². The van der Waals surface area contributed by atoms with Crippen molar-refractivity contribution in [3.8, 4) is 5.75 Å². The number of hydrogen-bond donors (Lipinski definition) is 0. The summed E-state index contributed by atoms with van der Waals surface area (Å²) in [7, 11) is 2.14. The third-order valence-corrected chi connectivity index (χ3v) is 4.20. The van der Waals surface area contributed by atoms with Gasteiger partial charge < -0.3 is 9.30 Å². The lowest BCUT2D eigenvalue weighted by molar-refractivity contribution is 0.262. The summed E-state index contributed by atoms with van der Waals surface area (Å²) in [6, 6.07) is 9.92. The minimum atomic E-state index is 0.656. The van der Waals surface area contributed by atoms with Gasteiger partial charge in [-0.2, -0.15) is 0 Å². The van der Waals surface area contributed by atoms with Crippen molar-refractivity contribution in [1.29, 1.82) is 0 Å². The molecule has 0 radical (unpaired) electrons. The van der Waals surface area contributed by atoms with Gasteiger partial charge in [0.2, 0.25) is 0 Å². The Morgan fingerprint density at radius 2 is 2.05 bits per heavy atom. The van der Waals surface area contributed by atoms with Crippen molar-refractivity contribution in [2.75, 3.05) is 20.2 Å². The largest absolute Gasteiger partial charge is 0.493 e. The second-order valence-corrected chi connectivity index (χ2v) is 5.82. The number of halogens is 1. The Morgan fingerprint density at radius 1 is 1.25 bits per heavy atom. The molecule has 0 aliphatic carbocycles. The molecule has 2 heterocycles. The third-order valence-electron chi connectivity index (χ3n) is 3.57. The Balaban J connectivity index is 1.65. The van der Waals surface area contributed by atoms with E-state index < -0.39 is 0 Å². The van der Waals surface area contributed by atoms with Crippen molar-refractivity contribution in [2.45, 2.75) is 19.5 Å². The molecule has 0 bridgehead atoms. The van der Waals surface area contributed by atoms with Crippen molar-refractivity contribution in [2.24, 2.45) is 0 Å². The smallest absolute Gasteiger partial charge is 0.128 e. The Kier molecular flexibility index (Phi) is 4.08. The van der Waals surface area contributed by atoms with Gasteiger partial charge in [-0.1, -0.05) is 18.2 Å². The van der Waals surface area contributed by atoms with Crippen LogP contribution in [0, 0.1) is 0 Å². The molecule has 0 N–H and O–H groups in total. The highest BCUT2D eigenvalue weighted by Gasteiger charge is 2.20. The summed E-state index contributed by atoms with van der Waals surface area (Å²) in [5, 5.41) is 0. The minimum absolute atomic E-state index is 0.656. The van der Waals surface area contributed by atoms with Crippen LogP contribution in [-0.4, -0.2) is 34.7 Å². The molecule has 3 rings (SSSR count). The van der Waals surface area contributed by atoms with Crippen LogP contribution in [-0.2, 0) is 19.5 Å². The van der Waals surface area contributed by atoms with E-state index in [-0.39, 0.29) is 0 Å². The second kappa shape index (κ2) is 5.97. The van der Waals surface area contributed by atoms with Crippen LogP contribution in [0.1, 0.15) is 11.5 Å². The lowest BCUT2D eigenvalue weighted by Gasteiger charge is -2.25. The Labute approximate surface area is 127 Å². The molecule has 0 saturated heterocycles. The number of imidazole rings is 1. The van der Waals surface area contributed by atoms with Crippen LogP contribution >= 0.6 is 15.9 Å². The van der Waals surface area contributed by atoms with Gasteiger partial charge in [-0.25, -0.2) is 4.98 Å². The zero-order valence-electron chi connectivity index (χ0n) is 11.6. The van der Waals surface area contributed by atoms with Crippen LogP contribution < -0.4 is 4.74 Å². The van der Waals surface area contributed by atoms with Gasteiger partial charge >= 0.3 is 0 Å². The molecule has 0 atom stereocenters. The first-order chi connectivity index (χ1) is 9.74. The molecular weight excluding hydrogens is 318 g/mol. The summed E-state index contributed by atoms with van der Waals surface area (Å²) in [6.07, 6.45) is 0.831. The third kappa shape index (κ3) is 2.88. The summed E-state index contributed by atoms with van der Waals surface area (Å²) < 4.78 is 9.04. The molecule has 1 aromatic carbocycles. The molecule has 0 saturated carbocycles. The van der Waals surface area contributed by atoms with E-state index in [0.29, 0.717) is 6.61 Å². The summed E-state index contributed by atoms with van der Waals surface area (Å²) >= 11 is 3.57. The normalized spacial score (nSPS) is 15.1. The number of ether oxygens (including phenoxy) is 1. The van der Waals surface area contributed by atoms with Crippen molar-refractivity contribution >= 4 is 15.9 Å². The zero-order valence-corrected chi connectivity index (χ0v) is 13.1. The van der Waals surface area contributed by atoms with Gasteiger partial charge in [0.15, 0.2) is 0 Å². The highest BCUT2D eigenvalue weighted by molar-refractivity contribution is 9.10. The highest BCUT2D eigenvalue weighted by atomic mass is 79.9. The molecule has 1 aliphatic heterocycles. The van der Waals surface area contributed by atoms with Crippen molar-refractivity contribution in [1.82, 2.24) is 14.5 Å². The second-order valence-electron chi connectivity index (χ2n) is 5.07. The van der Waals surface area contributed by atoms with Crippen LogP contribution in [0.3, 0.4) is 0 Å². The monoisotopic (exact) mass is 335 g/mol. The van der Waals surface area contributed by atoms with E-state index in [2.05, 4.69) is 37.4 Å². The van der Waals surface area contributed by atoms with E-state index in [1.165, 1.54) is 5.69 Å². The predicted molar refractivity (Wildman–Crippen MR) is 81.9 cm³/mol. The number of benzene rings is 1. The molecule has 4 nitrogen and oxygen atoms in total. The summed E-state index contributed by atoms with van der Waals surface area (Å²) in [5.41, 5.74) is 1.27. The van der Waals surface area contributed by atoms with E-state index in [9.17, 15) is 0 Å². The van der Waals surface area contributed by atoms with Crippen molar-refractivity contribution in [3.05, 3.63) is 46.5 Å². The van der Waals surface area contributed by atoms with E-state index in [1.54, 1.807) is 0 Å². The number of hydrogen-bond acceptors (Lipinski definition) is 3. The van der Waals surface area contributed by atoms with Crippen LogP contribution in [0.15, 0.2) is 34.9 Å². The number of para-hydroxylation sites is 1. The molecule has 106 valence electrons. The lowest BCUT2D eigenvalue weighted by atomic mass is 10.3. The maximum atomic E-state index is 5.75. The fourth-order valence-electron chi connectivity index (χ4n) is 2.49. The van der Waals surface area contributed by atoms with Gasteiger partial charge in [0.25, 0.3) is 0 Å². The molecule has 20 heavy (non-hydrogen) atoms. The lowest BCUT2D eigenvalue weighted by Crippen LogP contribution is -2.31. The Morgan fingerprint density at radius 3 is 2.85 bits per heavy atom. The predicted octanol–water partition coefficient (Wildman–Crippen LogP) is 2.71. The quantitative estimate of drug-likeness (QED) is 0.860. The van der Waals surface area contributed by atoms with Crippen LogP contribution in [0.2, 0.25) is 0 Å². The van der Waals surface area contributed by atoms with Crippen molar-refractivity contribution in [3.63, 3.8) is 0 Å². The SMILES string of the molecule is CN1CCn2c(CCOc3ccccc3)nc(Br)c2C1. The summed E-state index contributed by atoms with van der Waals surface area (Å²) in [4.78, 5) is 6.94. The Bertz CT molecular complexity index is 582. The molecular formula is C15H18BrN3O. The van der Waals surface area contributed by atoms with Gasteiger partial charge in [-0.3, -0.25) is 4.90 Å². The molecule has 0 spiro atoms. The summed E-state index contributed by atoms with van der Waals surface area (Å²) in [6.45, 7) is 3.68. The molecule has 1 aromatic heterocycles. The topological polar surface area (TPSA) is 30.3 Å². The molecule has 0 amide bonds. The molecule has 1 aliphatic rings. The molecule has 5 heteroatoms. The Hall–Kier alpha value is -1.33. The minimum Gasteiger partial charge on any atom is -0.493 e. The van der Waals surface area contributed by atoms with E-state index >= 15 is 0 Å². The average molecular weight is 336 g/mol. The first-order valence-corrected chi connectivity index (χ1v) is 7.63. The maximum Gasteiger partial charge on any atom is 0.128 e.